The first-order valence-corrected chi connectivity index (χ1v) is 10.5. The normalized spacial score (nSPS) is 18.7. The highest BCUT2D eigenvalue weighted by Crippen LogP contribution is 2.43. The molecule has 4 nitrogen and oxygen atoms in total. The Bertz CT molecular complexity index is 809. The zero-order valence-electron chi connectivity index (χ0n) is 13.2. The van der Waals surface area contributed by atoms with Crippen LogP contribution < -0.4 is 4.74 Å². The van der Waals surface area contributed by atoms with Crippen LogP contribution in [-0.2, 0) is 10.0 Å². The minimum Gasteiger partial charge on any atom is -0.494 e. The van der Waals surface area contributed by atoms with Crippen molar-refractivity contribution in [3.63, 3.8) is 0 Å². The smallest absolute Gasteiger partial charge is 0.244 e. The summed E-state index contributed by atoms with van der Waals surface area (Å²) in [5.41, 5.74) is 0.830. The van der Waals surface area contributed by atoms with Crippen LogP contribution in [0.5, 0.6) is 5.75 Å². The van der Waals surface area contributed by atoms with Crippen molar-refractivity contribution in [2.24, 2.45) is 0 Å². The third-order valence-electron chi connectivity index (χ3n) is 3.76. The Morgan fingerprint density at radius 1 is 1.21 bits per heavy atom. The standard InChI is InChI=1S/C17H18ClNO3S2/c1-2-22-13-7-9-14(10-8-13)24(20,21)19-11-12-23-17(19)15-5-3-4-6-16(15)18/h3-10,17H,2,11-12H2,1H3/t17-/m0/s1. The van der Waals surface area contributed by atoms with Crippen LogP contribution in [0.1, 0.15) is 17.9 Å². The van der Waals surface area contributed by atoms with Crippen molar-refractivity contribution in [3.8, 4) is 5.75 Å². The first-order chi connectivity index (χ1) is 11.5. The molecule has 0 N–H and O–H groups in total. The molecule has 0 bridgehead atoms. The van der Waals surface area contributed by atoms with Crippen molar-refractivity contribution in [1.82, 2.24) is 4.31 Å². The fourth-order valence-electron chi connectivity index (χ4n) is 2.63. The second kappa shape index (κ2) is 7.35. The number of benzene rings is 2. The summed E-state index contributed by atoms with van der Waals surface area (Å²) in [4.78, 5) is 0.269. The predicted molar refractivity (Wildman–Crippen MR) is 98.2 cm³/mol. The van der Waals surface area contributed by atoms with Crippen LogP contribution in [0, 0.1) is 0 Å². The number of hydrogen-bond donors (Lipinski definition) is 0. The number of rotatable bonds is 5. The van der Waals surface area contributed by atoms with Gasteiger partial charge < -0.3 is 4.74 Å². The lowest BCUT2D eigenvalue weighted by molar-refractivity contribution is 0.340. The molecule has 0 unspecified atom stereocenters. The Balaban J connectivity index is 1.92. The van der Waals surface area contributed by atoms with E-state index in [0.717, 1.165) is 11.3 Å². The molecule has 0 aliphatic carbocycles. The summed E-state index contributed by atoms with van der Waals surface area (Å²) in [7, 11) is -3.59. The van der Waals surface area contributed by atoms with E-state index in [1.54, 1.807) is 42.1 Å². The Hall–Kier alpha value is -1.21. The quantitative estimate of drug-likeness (QED) is 0.777. The number of hydrogen-bond acceptors (Lipinski definition) is 4. The molecule has 128 valence electrons. The van der Waals surface area contributed by atoms with Crippen LogP contribution in [0.25, 0.3) is 0 Å². The topological polar surface area (TPSA) is 46.6 Å². The van der Waals surface area contributed by atoms with Crippen LogP contribution in [-0.4, -0.2) is 31.6 Å². The highest BCUT2D eigenvalue weighted by Gasteiger charge is 2.37. The first-order valence-electron chi connectivity index (χ1n) is 7.65. The van der Waals surface area contributed by atoms with E-state index in [4.69, 9.17) is 16.3 Å². The van der Waals surface area contributed by atoms with Gasteiger partial charge in [-0.25, -0.2) is 8.42 Å². The SMILES string of the molecule is CCOc1ccc(S(=O)(=O)N2CCS[C@H]2c2ccccc2Cl)cc1. The summed E-state index contributed by atoms with van der Waals surface area (Å²) in [6.45, 7) is 2.90. The maximum Gasteiger partial charge on any atom is 0.244 e. The molecule has 0 spiro atoms. The Kier molecular flexibility index (Phi) is 5.39. The molecule has 1 aliphatic heterocycles. The van der Waals surface area contributed by atoms with E-state index < -0.39 is 10.0 Å². The predicted octanol–water partition coefficient (Wildman–Crippen LogP) is 4.18. The number of ether oxygens (including phenoxy) is 1. The van der Waals surface area contributed by atoms with Gasteiger partial charge in [0.15, 0.2) is 0 Å². The van der Waals surface area contributed by atoms with Gasteiger partial charge in [0.1, 0.15) is 5.75 Å². The zero-order chi connectivity index (χ0) is 17.2. The summed E-state index contributed by atoms with van der Waals surface area (Å²) >= 11 is 7.86. The third-order valence-corrected chi connectivity index (χ3v) is 7.36. The maximum atomic E-state index is 13.0. The van der Waals surface area contributed by atoms with Crippen LogP contribution in [0.4, 0.5) is 0 Å². The molecule has 0 saturated carbocycles. The van der Waals surface area contributed by atoms with E-state index in [2.05, 4.69) is 0 Å². The molecule has 2 aromatic carbocycles. The average molecular weight is 384 g/mol. The van der Waals surface area contributed by atoms with E-state index >= 15 is 0 Å². The Labute approximate surface area is 151 Å². The third kappa shape index (κ3) is 3.42. The van der Waals surface area contributed by atoms with E-state index in [-0.39, 0.29) is 10.3 Å². The van der Waals surface area contributed by atoms with Crippen LogP contribution in [0.15, 0.2) is 53.4 Å². The molecular formula is C17H18ClNO3S2. The van der Waals surface area contributed by atoms with Crippen molar-refractivity contribution >= 4 is 33.4 Å². The van der Waals surface area contributed by atoms with Crippen molar-refractivity contribution in [3.05, 3.63) is 59.1 Å². The minimum atomic E-state index is -3.59. The van der Waals surface area contributed by atoms with E-state index in [9.17, 15) is 8.42 Å². The summed E-state index contributed by atoms with van der Waals surface area (Å²) < 4.78 is 33.0. The lowest BCUT2D eigenvalue weighted by atomic mass is 10.2. The van der Waals surface area contributed by atoms with Crippen LogP contribution in [0.2, 0.25) is 5.02 Å². The Morgan fingerprint density at radius 2 is 1.92 bits per heavy atom. The van der Waals surface area contributed by atoms with Gasteiger partial charge in [-0.3, -0.25) is 0 Å². The highest BCUT2D eigenvalue weighted by molar-refractivity contribution is 8.01. The summed E-state index contributed by atoms with van der Waals surface area (Å²) in [6, 6.07) is 13.9. The molecule has 1 atom stereocenters. The van der Waals surface area contributed by atoms with E-state index in [0.29, 0.717) is 23.9 Å². The van der Waals surface area contributed by atoms with Gasteiger partial charge in [0, 0.05) is 17.3 Å². The number of nitrogens with zero attached hydrogens (tertiary/aromatic N) is 1. The highest BCUT2D eigenvalue weighted by atomic mass is 35.5. The molecule has 1 heterocycles. The molecular weight excluding hydrogens is 366 g/mol. The van der Waals surface area contributed by atoms with Gasteiger partial charge in [0.2, 0.25) is 10.0 Å². The van der Waals surface area contributed by atoms with Crippen molar-refractivity contribution < 1.29 is 13.2 Å². The number of sulfonamides is 1. The molecule has 24 heavy (non-hydrogen) atoms. The number of thioether (sulfide) groups is 1. The molecule has 0 aromatic heterocycles. The van der Waals surface area contributed by atoms with Crippen molar-refractivity contribution in [2.75, 3.05) is 18.9 Å². The lowest BCUT2D eigenvalue weighted by Crippen LogP contribution is -2.30. The second-order valence-electron chi connectivity index (χ2n) is 5.26. The molecule has 1 fully saturated rings. The molecule has 2 aromatic rings. The Morgan fingerprint density at radius 3 is 2.58 bits per heavy atom. The number of halogens is 1. The van der Waals surface area contributed by atoms with E-state index in [1.807, 2.05) is 25.1 Å². The molecule has 1 saturated heterocycles. The minimum absolute atomic E-state index is 0.269. The molecule has 0 amide bonds. The lowest BCUT2D eigenvalue weighted by Gasteiger charge is -2.24. The van der Waals surface area contributed by atoms with Crippen LogP contribution >= 0.6 is 23.4 Å². The van der Waals surface area contributed by atoms with Crippen molar-refractivity contribution in [1.29, 1.82) is 0 Å². The molecule has 0 radical (unpaired) electrons. The van der Waals surface area contributed by atoms with Gasteiger partial charge in [-0.05, 0) is 42.8 Å². The zero-order valence-corrected chi connectivity index (χ0v) is 15.6. The van der Waals surface area contributed by atoms with Gasteiger partial charge >= 0.3 is 0 Å². The molecule has 1 aliphatic rings. The average Bonchev–Trinajstić information content (AvgIpc) is 3.06. The monoisotopic (exact) mass is 383 g/mol. The second-order valence-corrected chi connectivity index (χ2v) is 8.75. The summed E-state index contributed by atoms with van der Waals surface area (Å²) in [5, 5.41) is 0.291. The molecule has 3 rings (SSSR count). The fourth-order valence-corrected chi connectivity index (χ4v) is 6.20. The summed E-state index contributed by atoms with van der Waals surface area (Å²) in [6.07, 6.45) is 0. The van der Waals surface area contributed by atoms with Gasteiger partial charge in [0.05, 0.1) is 16.9 Å². The van der Waals surface area contributed by atoms with Crippen molar-refractivity contribution in [2.45, 2.75) is 17.2 Å². The van der Waals surface area contributed by atoms with Gasteiger partial charge in [-0.15, -0.1) is 11.8 Å². The van der Waals surface area contributed by atoms with Gasteiger partial charge in [0.25, 0.3) is 0 Å². The summed E-state index contributed by atoms with van der Waals surface area (Å²) in [5.74, 6) is 1.40. The van der Waals surface area contributed by atoms with E-state index in [1.165, 1.54) is 4.31 Å². The molecule has 7 heteroatoms. The largest absolute Gasteiger partial charge is 0.494 e. The van der Waals surface area contributed by atoms with Gasteiger partial charge in [-0.1, -0.05) is 29.8 Å². The maximum absolute atomic E-state index is 13.0. The van der Waals surface area contributed by atoms with Gasteiger partial charge in [-0.2, -0.15) is 4.31 Å². The fraction of sp³-hybridized carbons (Fsp3) is 0.294. The first kappa shape index (κ1) is 17.6. The van der Waals surface area contributed by atoms with Crippen LogP contribution in [0.3, 0.4) is 0 Å².